The van der Waals surface area contributed by atoms with Crippen LogP contribution >= 0.6 is 15.9 Å². The van der Waals surface area contributed by atoms with Crippen molar-refractivity contribution < 1.29 is 26.3 Å². The molecular weight excluding hydrogens is 375 g/mol. The second-order valence-electron chi connectivity index (χ2n) is 4.65. The van der Waals surface area contributed by atoms with E-state index in [-0.39, 0.29) is 10.2 Å². The van der Waals surface area contributed by atoms with Crippen LogP contribution in [0.2, 0.25) is 0 Å². The molecule has 1 aromatic rings. The van der Waals surface area contributed by atoms with Gasteiger partial charge in [-0.15, -0.1) is 0 Å². The summed E-state index contributed by atoms with van der Waals surface area (Å²) in [6, 6.07) is 2.84. The summed E-state index contributed by atoms with van der Waals surface area (Å²) in [5.74, 6) is 0. The minimum absolute atomic E-state index is 0.115. The highest BCUT2D eigenvalue weighted by molar-refractivity contribution is 9.10. The predicted octanol–water partition coefficient (Wildman–Crippen LogP) is 3.39. The maximum absolute atomic E-state index is 12.7. The Balaban J connectivity index is 2.26. The van der Waals surface area contributed by atoms with Crippen LogP contribution in [0.15, 0.2) is 22.7 Å². The molecule has 1 aliphatic heterocycles. The van der Waals surface area contributed by atoms with Gasteiger partial charge < -0.3 is 4.74 Å². The Hall–Kier alpha value is -0.800. The fourth-order valence-electron chi connectivity index (χ4n) is 2.00. The summed E-state index contributed by atoms with van der Waals surface area (Å²) in [7, 11) is -3.75. The molecule has 1 fully saturated rings. The molecule has 21 heavy (non-hydrogen) atoms. The van der Waals surface area contributed by atoms with E-state index in [9.17, 15) is 21.6 Å². The molecule has 4 nitrogen and oxygen atoms in total. The minimum Gasteiger partial charge on any atom is -0.381 e. The van der Waals surface area contributed by atoms with E-state index in [1.165, 1.54) is 6.07 Å². The first kappa shape index (κ1) is 16.6. The van der Waals surface area contributed by atoms with Crippen molar-refractivity contribution in [2.75, 3.05) is 17.9 Å². The van der Waals surface area contributed by atoms with Crippen molar-refractivity contribution in [3.05, 3.63) is 28.2 Å². The quantitative estimate of drug-likeness (QED) is 0.864. The minimum atomic E-state index is -4.53. The van der Waals surface area contributed by atoms with E-state index in [2.05, 4.69) is 20.7 Å². The fraction of sp³-hybridized carbons (Fsp3) is 0.500. The Morgan fingerprint density at radius 3 is 2.43 bits per heavy atom. The van der Waals surface area contributed by atoms with Crippen LogP contribution in [0.4, 0.5) is 18.9 Å². The van der Waals surface area contributed by atoms with Crippen LogP contribution in [0.5, 0.6) is 0 Å². The molecule has 1 aliphatic rings. The van der Waals surface area contributed by atoms with Crippen LogP contribution in [0.3, 0.4) is 0 Å². The molecule has 1 aromatic carbocycles. The number of hydrogen-bond donors (Lipinski definition) is 1. The highest BCUT2D eigenvalue weighted by Gasteiger charge is 2.32. The summed E-state index contributed by atoms with van der Waals surface area (Å²) < 4.78 is 70.0. The number of halogens is 4. The summed E-state index contributed by atoms with van der Waals surface area (Å²) in [6.45, 7) is 0.657. The molecule has 0 aliphatic carbocycles. The maximum Gasteiger partial charge on any atom is 0.416 e. The van der Waals surface area contributed by atoms with Crippen LogP contribution in [-0.2, 0) is 20.9 Å². The zero-order chi connectivity index (χ0) is 15.7. The van der Waals surface area contributed by atoms with E-state index >= 15 is 0 Å². The molecule has 0 atom stereocenters. The molecule has 1 N–H and O–H groups in total. The van der Waals surface area contributed by atoms with Crippen LogP contribution in [0, 0.1) is 0 Å². The molecule has 1 heterocycles. The molecule has 118 valence electrons. The second-order valence-corrected chi connectivity index (χ2v) is 7.47. The van der Waals surface area contributed by atoms with E-state index in [1.807, 2.05) is 0 Å². The average molecular weight is 388 g/mol. The van der Waals surface area contributed by atoms with Gasteiger partial charge in [0.05, 0.1) is 16.5 Å². The first-order chi connectivity index (χ1) is 9.70. The first-order valence-electron chi connectivity index (χ1n) is 6.16. The Kier molecular flexibility index (Phi) is 4.84. The van der Waals surface area contributed by atoms with Gasteiger partial charge in [0.1, 0.15) is 0 Å². The van der Waals surface area contributed by atoms with Crippen molar-refractivity contribution in [2.24, 2.45) is 0 Å². The molecule has 0 saturated carbocycles. The third-order valence-corrected chi connectivity index (χ3v) is 5.70. The Labute approximate surface area is 128 Å². The smallest absolute Gasteiger partial charge is 0.381 e. The van der Waals surface area contributed by atoms with Gasteiger partial charge in [-0.2, -0.15) is 13.2 Å². The monoisotopic (exact) mass is 387 g/mol. The van der Waals surface area contributed by atoms with Crippen molar-refractivity contribution in [3.63, 3.8) is 0 Å². The second kappa shape index (κ2) is 6.13. The summed E-state index contributed by atoms with van der Waals surface area (Å²) in [4.78, 5) is 0. The Morgan fingerprint density at radius 1 is 1.24 bits per heavy atom. The number of sulfonamides is 1. The van der Waals surface area contributed by atoms with Crippen molar-refractivity contribution in [1.29, 1.82) is 0 Å². The molecule has 1 saturated heterocycles. The first-order valence-corrected chi connectivity index (χ1v) is 8.50. The third kappa shape index (κ3) is 4.10. The van der Waals surface area contributed by atoms with Crippen molar-refractivity contribution in [2.45, 2.75) is 24.3 Å². The number of benzene rings is 1. The van der Waals surface area contributed by atoms with Gasteiger partial charge in [-0.05, 0) is 47.0 Å². The molecule has 0 spiro atoms. The van der Waals surface area contributed by atoms with Crippen LogP contribution in [0.1, 0.15) is 18.4 Å². The highest BCUT2D eigenvalue weighted by Crippen LogP contribution is 2.34. The molecule has 0 unspecified atom stereocenters. The average Bonchev–Trinajstić information content (AvgIpc) is 2.41. The van der Waals surface area contributed by atoms with Crippen molar-refractivity contribution >= 4 is 31.6 Å². The summed E-state index contributed by atoms with van der Waals surface area (Å²) in [5, 5.41) is -0.660. The topological polar surface area (TPSA) is 55.4 Å². The summed E-state index contributed by atoms with van der Waals surface area (Å²) in [5.41, 5.74) is -1.02. The zero-order valence-corrected chi connectivity index (χ0v) is 13.2. The molecule has 0 bridgehead atoms. The molecule has 0 aromatic heterocycles. The van der Waals surface area contributed by atoms with Crippen LogP contribution in [0.25, 0.3) is 0 Å². The van der Waals surface area contributed by atoms with Crippen LogP contribution < -0.4 is 4.72 Å². The van der Waals surface area contributed by atoms with Crippen molar-refractivity contribution in [1.82, 2.24) is 0 Å². The van der Waals surface area contributed by atoms with E-state index < -0.39 is 27.0 Å². The molecule has 2 rings (SSSR count). The number of anilines is 1. The summed E-state index contributed by atoms with van der Waals surface area (Å²) >= 11 is 3.05. The predicted molar refractivity (Wildman–Crippen MR) is 75.5 cm³/mol. The molecular formula is C12H13BrF3NO3S. The standard InChI is InChI=1S/C12H13BrF3NO3S/c13-10-2-1-8(12(14,15)16)7-11(10)17-21(18,19)9-3-5-20-6-4-9/h1-2,7,9,17H,3-6H2. The SMILES string of the molecule is O=S(=O)(Nc1cc(C(F)(F)F)ccc1Br)C1CCOCC1. The Bertz CT molecular complexity index is 613. The van der Waals surface area contributed by atoms with E-state index in [1.54, 1.807) is 0 Å². The number of nitrogens with one attached hydrogen (secondary N) is 1. The fourth-order valence-corrected chi connectivity index (χ4v) is 3.93. The van der Waals surface area contributed by atoms with Gasteiger partial charge in [0.2, 0.25) is 10.0 Å². The van der Waals surface area contributed by atoms with E-state index in [0.29, 0.717) is 26.1 Å². The lowest BCUT2D eigenvalue weighted by Gasteiger charge is -2.23. The number of hydrogen-bond acceptors (Lipinski definition) is 3. The number of alkyl halides is 3. The lowest BCUT2D eigenvalue weighted by molar-refractivity contribution is -0.137. The van der Waals surface area contributed by atoms with Gasteiger partial charge in [-0.25, -0.2) is 8.42 Å². The van der Waals surface area contributed by atoms with Gasteiger partial charge in [0.25, 0.3) is 0 Å². The van der Waals surface area contributed by atoms with Crippen LogP contribution in [-0.4, -0.2) is 26.9 Å². The Morgan fingerprint density at radius 2 is 1.86 bits per heavy atom. The number of ether oxygens (including phenoxy) is 1. The molecule has 9 heteroatoms. The van der Waals surface area contributed by atoms with E-state index in [4.69, 9.17) is 4.74 Å². The zero-order valence-electron chi connectivity index (χ0n) is 10.8. The van der Waals surface area contributed by atoms with Gasteiger partial charge >= 0.3 is 6.18 Å². The highest BCUT2D eigenvalue weighted by atomic mass is 79.9. The summed E-state index contributed by atoms with van der Waals surface area (Å²) in [6.07, 6.45) is -3.88. The third-order valence-electron chi connectivity index (χ3n) is 3.15. The van der Waals surface area contributed by atoms with Gasteiger partial charge in [-0.3, -0.25) is 4.72 Å². The van der Waals surface area contributed by atoms with Gasteiger partial charge in [-0.1, -0.05) is 0 Å². The van der Waals surface area contributed by atoms with Crippen molar-refractivity contribution in [3.8, 4) is 0 Å². The largest absolute Gasteiger partial charge is 0.416 e. The lowest BCUT2D eigenvalue weighted by Crippen LogP contribution is -2.33. The van der Waals surface area contributed by atoms with Gasteiger partial charge in [0.15, 0.2) is 0 Å². The molecule has 0 amide bonds. The lowest BCUT2D eigenvalue weighted by atomic mass is 10.2. The van der Waals surface area contributed by atoms with Gasteiger partial charge in [0, 0.05) is 17.7 Å². The number of rotatable bonds is 3. The molecule has 0 radical (unpaired) electrons. The van der Waals surface area contributed by atoms with E-state index in [0.717, 1.165) is 12.1 Å². The maximum atomic E-state index is 12.7. The normalized spacial score (nSPS) is 17.7.